The highest BCUT2D eigenvalue weighted by atomic mass is 15.1. The fourth-order valence-corrected chi connectivity index (χ4v) is 10.6. The average Bonchev–Trinajstić information content (AvgIpc) is 3.64. The SMILES string of the molecule is CC1C=CC=C(C(N)=NC(NCC2(C)C=CC=CC2)C2=CC(C)(Nc3ccc4c(c3-c3cccc(-c5ccccc5)c3)-c3ccccc3C4(c3ccccc3)c3ccccc3)CC=C2)C1. The summed E-state index contributed by atoms with van der Waals surface area (Å²) in [5.74, 6) is 1.01. The van der Waals surface area contributed by atoms with Crippen LogP contribution in [0, 0.1) is 11.3 Å². The molecule has 322 valence electrons. The molecule has 0 bridgehead atoms. The Labute approximate surface area is 385 Å². The first kappa shape index (κ1) is 42.0. The molecule has 6 aromatic carbocycles. The van der Waals surface area contributed by atoms with E-state index in [0.717, 1.165) is 42.6 Å². The van der Waals surface area contributed by atoms with E-state index < -0.39 is 11.0 Å². The van der Waals surface area contributed by atoms with Crippen molar-refractivity contribution in [2.75, 3.05) is 11.9 Å². The summed E-state index contributed by atoms with van der Waals surface area (Å²) in [4.78, 5) is 5.29. The van der Waals surface area contributed by atoms with E-state index in [0.29, 0.717) is 11.8 Å². The lowest BCUT2D eigenvalue weighted by molar-refractivity contribution is 0.378. The molecule has 65 heavy (non-hydrogen) atoms. The van der Waals surface area contributed by atoms with Crippen LogP contribution in [0.4, 0.5) is 5.69 Å². The second-order valence-electron chi connectivity index (χ2n) is 18.9. The monoisotopic (exact) mass is 846 g/mol. The Morgan fingerprint density at radius 1 is 0.692 bits per heavy atom. The first-order valence-electron chi connectivity index (χ1n) is 23.2. The largest absolute Gasteiger partial charge is 0.384 e. The van der Waals surface area contributed by atoms with Gasteiger partial charge in [-0.15, -0.1) is 0 Å². The normalized spacial score (nSPS) is 22.1. The van der Waals surface area contributed by atoms with Crippen molar-refractivity contribution in [3.63, 3.8) is 0 Å². The molecule has 4 N–H and O–H groups in total. The number of rotatable bonds is 12. The minimum atomic E-state index is -0.526. The van der Waals surface area contributed by atoms with Gasteiger partial charge in [-0.3, -0.25) is 5.32 Å². The quantitative estimate of drug-likeness (QED) is 0.0848. The van der Waals surface area contributed by atoms with Gasteiger partial charge in [0.25, 0.3) is 0 Å². The van der Waals surface area contributed by atoms with Crippen LogP contribution in [0.5, 0.6) is 0 Å². The van der Waals surface area contributed by atoms with E-state index in [1.807, 2.05) is 0 Å². The number of nitrogens with two attached hydrogens (primary N) is 1. The van der Waals surface area contributed by atoms with Crippen molar-refractivity contribution in [2.24, 2.45) is 22.1 Å². The van der Waals surface area contributed by atoms with E-state index >= 15 is 0 Å². The molecule has 6 aromatic rings. The van der Waals surface area contributed by atoms with Gasteiger partial charge in [0, 0.05) is 23.2 Å². The number of benzene rings is 6. The number of hydrogen-bond donors (Lipinski definition) is 3. The average molecular weight is 847 g/mol. The van der Waals surface area contributed by atoms with Gasteiger partial charge in [0.15, 0.2) is 0 Å². The summed E-state index contributed by atoms with van der Waals surface area (Å²) < 4.78 is 0. The van der Waals surface area contributed by atoms with Gasteiger partial charge in [0.2, 0.25) is 0 Å². The van der Waals surface area contributed by atoms with Gasteiger partial charge in [-0.1, -0.05) is 214 Å². The van der Waals surface area contributed by atoms with E-state index in [1.165, 1.54) is 55.6 Å². The molecule has 4 heteroatoms. The Bertz CT molecular complexity index is 2890. The van der Waals surface area contributed by atoms with Crippen molar-refractivity contribution in [2.45, 2.75) is 57.2 Å². The fourth-order valence-electron chi connectivity index (χ4n) is 10.6. The summed E-state index contributed by atoms with van der Waals surface area (Å²) in [5.41, 5.74) is 21.5. The Morgan fingerprint density at radius 3 is 2.11 bits per heavy atom. The summed E-state index contributed by atoms with van der Waals surface area (Å²) in [7, 11) is 0. The van der Waals surface area contributed by atoms with Gasteiger partial charge in [-0.25, -0.2) is 4.99 Å². The molecule has 0 saturated heterocycles. The first-order valence-corrected chi connectivity index (χ1v) is 23.2. The highest BCUT2D eigenvalue weighted by molar-refractivity contribution is 6.01. The molecule has 0 saturated carbocycles. The predicted octanol–water partition coefficient (Wildman–Crippen LogP) is 13.8. The van der Waals surface area contributed by atoms with Crippen LogP contribution in [0.1, 0.15) is 62.3 Å². The van der Waals surface area contributed by atoms with E-state index in [2.05, 4.69) is 244 Å². The molecule has 4 aliphatic rings. The zero-order chi connectivity index (χ0) is 44.4. The van der Waals surface area contributed by atoms with Crippen LogP contribution < -0.4 is 16.4 Å². The number of nitrogens with one attached hydrogen (secondary N) is 2. The summed E-state index contributed by atoms with van der Waals surface area (Å²) >= 11 is 0. The molecule has 0 fully saturated rings. The number of hydrogen-bond acceptors (Lipinski definition) is 3. The number of anilines is 1. The highest BCUT2D eigenvalue weighted by Crippen LogP contribution is 2.59. The zero-order valence-electron chi connectivity index (χ0n) is 37.7. The van der Waals surface area contributed by atoms with Gasteiger partial charge < -0.3 is 11.1 Å². The number of fused-ring (bicyclic) bond motifs is 3. The highest BCUT2D eigenvalue weighted by Gasteiger charge is 2.47. The Balaban J connectivity index is 1.14. The zero-order valence-corrected chi connectivity index (χ0v) is 37.7. The first-order chi connectivity index (χ1) is 31.7. The number of aliphatic imine (C=N–C) groups is 1. The lowest BCUT2D eigenvalue weighted by Gasteiger charge is -2.36. The molecule has 4 nitrogen and oxygen atoms in total. The van der Waals surface area contributed by atoms with Crippen molar-refractivity contribution in [3.05, 3.63) is 246 Å². The molecular weight excluding hydrogens is 789 g/mol. The van der Waals surface area contributed by atoms with E-state index in [9.17, 15) is 0 Å². The van der Waals surface area contributed by atoms with Crippen molar-refractivity contribution < 1.29 is 0 Å². The number of nitrogens with zero attached hydrogens (tertiary/aromatic N) is 1. The fraction of sp³-hybridized carbons (Fsp3) is 0.197. The van der Waals surface area contributed by atoms with Crippen molar-refractivity contribution >= 4 is 11.5 Å². The maximum Gasteiger partial charge on any atom is 0.127 e. The molecule has 4 aliphatic carbocycles. The number of allylic oxidation sites excluding steroid dienone is 6. The lowest BCUT2D eigenvalue weighted by atomic mass is 9.67. The molecule has 0 spiro atoms. The predicted molar refractivity (Wildman–Crippen MR) is 274 cm³/mol. The smallest absolute Gasteiger partial charge is 0.127 e. The van der Waals surface area contributed by atoms with Crippen LogP contribution in [0.25, 0.3) is 33.4 Å². The molecule has 0 amide bonds. The van der Waals surface area contributed by atoms with E-state index in [1.54, 1.807) is 0 Å². The molecule has 0 aromatic heterocycles. The van der Waals surface area contributed by atoms with Gasteiger partial charge in [-0.05, 0) is 105 Å². The third-order valence-corrected chi connectivity index (χ3v) is 13.9. The second kappa shape index (κ2) is 17.5. The molecule has 0 radical (unpaired) electrons. The Hall–Kier alpha value is -7.01. The topological polar surface area (TPSA) is 62.4 Å². The lowest BCUT2D eigenvalue weighted by Crippen LogP contribution is -2.41. The molecule has 0 aliphatic heterocycles. The second-order valence-corrected chi connectivity index (χ2v) is 18.9. The summed E-state index contributed by atoms with van der Waals surface area (Å²) in [6.45, 7) is 7.61. The molecular formula is C61H58N4. The van der Waals surface area contributed by atoms with Crippen molar-refractivity contribution in [1.82, 2.24) is 5.32 Å². The van der Waals surface area contributed by atoms with Crippen LogP contribution in [0.3, 0.4) is 0 Å². The summed E-state index contributed by atoms with van der Waals surface area (Å²) in [6.07, 6.45) is 24.6. The van der Waals surface area contributed by atoms with Crippen molar-refractivity contribution in [1.29, 1.82) is 0 Å². The summed E-state index contributed by atoms with van der Waals surface area (Å²) in [5, 5.41) is 8.08. The molecule has 4 atom stereocenters. The van der Waals surface area contributed by atoms with E-state index in [-0.39, 0.29) is 11.6 Å². The third-order valence-electron chi connectivity index (χ3n) is 13.9. The molecule has 10 rings (SSSR count). The maximum absolute atomic E-state index is 6.90. The van der Waals surface area contributed by atoms with Gasteiger partial charge in [0.1, 0.15) is 12.0 Å². The van der Waals surface area contributed by atoms with Crippen LogP contribution >= 0.6 is 0 Å². The Kier molecular flexibility index (Phi) is 11.3. The number of amidine groups is 1. The minimum Gasteiger partial charge on any atom is -0.384 e. The van der Waals surface area contributed by atoms with Gasteiger partial charge in [-0.2, -0.15) is 0 Å². The van der Waals surface area contributed by atoms with Gasteiger partial charge >= 0.3 is 0 Å². The van der Waals surface area contributed by atoms with E-state index in [4.69, 9.17) is 10.7 Å². The van der Waals surface area contributed by atoms with Crippen LogP contribution in [-0.2, 0) is 5.41 Å². The van der Waals surface area contributed by atoms with Crippen LogP contribution in [0.15, 0.2) is 229 Å². The maximum atomic E-state index is 6.90. The van der Waals surface area contributed by atoms with Gasteiger partial charge in [0.05, 0.1) is 11.0 Å². The van der Waals surface area contributed by atoms with Crippen LogP contribution in [0.2, 0.25) is 0 Å². The molecule has 4 unspecified atom stereocenters. The Morgan fingerprint density at radius 2 is 1.38 bits per heavy atom. The third kappa shape index (κ3) is 8.09. The van der Waals surface area contributed by atoms with Crippen molar-refractivity contribution in [3.8, 4) is 33.4 Å². The molecule has 0 heterocycles. The summed E-state index contributed by atoms with van der Waals surface area (Å²) in [6, 6.07) is 55.7. The standard InChI is InChI=1S/C61H58N4/c1-43-21-18-26-47(39-43)57(62)64-58(63-42-59(2)36-16-7-17-37-59)48-27-20-38-60(3,41-48)65-54-35-34-53-56(55(54)46-25-19-24-45(40-46)44-22-8-4-9-23-44)51-32-14-15-33-52(51)61(53,49-28-10-5-11-29-49)50-30-12-6-13-31-50/h4-36,40-41,43,58,63,65H,37-39,42H2,1-3H3,(H2,62,64). The van der Waals surface area contributed by atoms with Crippen LogP contribution in [-0.4, -0.2) is 24.1 Å². The minimum absolute atomic E-state index is 0.0300.